The van der Waals surface area contributed by atoms with Crippen molar-refractivity contribution < 1.29 is 38.8 Å². The van der Waals surface area contributed by atoms with Gasteiger partial charge in [0.05, 0.1) is 67.7 Å². The first-order valence-electron chi connectivity index (χ1n) is 43.3. The van der Waals surface area contributed by atoms with Crippen LogP contribution < -0.4 is 43.6 Å². The zero-order valence-corrected chi connectivity index (χ0v) is 69.5. The lowest BCUT2D eigenvalue weighted by Gasteiger charge is -2.42. The number of ether oxygens (including phenoxy) is 3. The zero-order valence-electron chi connectivity index (χ0n) is 69.5. The first kappa shape index (κ1) is 81.4. The lowest BCUT2D eigenvalue weighted by Crippen LogP contribution is -2.56. The molecular formula is C92H115N19O8. The number of hydrogen-bond donors (Lipinski definition) is 3. The second-order valence-corrected chi connectivity index (χ2v) is 33.1. The van der Waals surface area contributed by atoms with E-state index in [-0.39, 0.29) is 47.4 Å². The quantitative estimate of drug-likeness (QED) is 0.0421. The number of rotatable bonds is 22. The van der Waals surface area contributed by atoms with Gasteiger partial charge in [-0.25, -0.2) is 0 Å². The third-order valence-electron chi connectivity index (χ3n) is 25.3. The molecule has 119 heavy (non-hydrogen) atoms. The Hall–Kier alpha value is -11.3. The summed E-state index contributed by atoms with van der Waals surface area (Å²) in [6, 6.07) is 29.8. The SMILES string of the molecule is C=CC(=O)N1C2CCC1CN(c1nc(OC(C)CC)nc3c1CCN(c1cc(O)cc4ccccc14)C3)C2.C=CC(=O)N1CCN(c2nc(OCCCN3CCCCC3)nc3c2CCN(c2cc(O)cc4cc(C)ccc24)C3)CC1.C=CC(=O)N1CCN(c2nc(OCCCN3CCCCC3)nc3c2CCN(c2cccc4[nH]ncc24)C3)CC1. The molecule has 3 unspecified atom stereocenters. The number of phenolic OH excluding ortho intramolecular Hbond substituents is 2. The molecule has 13 heterocycles. The number of piperazine rings is 3. The van der Waals surface area contributed by atoms with Crippen molar-refractivity contribution >= 4 is 84.7 Å². The number of nitrogens with zero attached hydrogens (tertiary/aromatic N) is 18. The van der Waals surface area contributed by atoms with Crippen molar-refractivity contribution in [1.29, 1.82) is 0 Å². The van der Waals surface area contributed by atoms with Gasteiger partial charge in [0, 0.05) is 172 Å². The maximum atomic E-state index is 12.5. The van der Waals surface area contributed by atoms with Gasteiger partial charge in [-0.3, -0.25) is 19.5 Å². The van der Waals surface area contributed by atoms with Gasteiger partial charge in [-0.2, -0.15) is 35.0 Å². The van der Waals surface area contributed by atoms with E-state index in [1.165, 1.54) is 88.5 Å². The highest BCUT2D eigenvalue weighted by Gasteiger charge is 2.44. The Morgan fingerprint density at radius 2 is 0.975 bits per heavy atom. The van der Waals surface area contributed by atoms with E-state index in [1.54, 1.807) is 6.07 Å². The van der Waals surface area contributed by atoms with Crippen molar-refractivity contribution in [3.8, 4) is 29.5 Å². The first-order chi connectivity index (χ1) is 58.1. The highest BCUT2D eigenvalue weighted by Crippen LogP contribution is 2.42. The molecule has 18 rings (SSSR count). The van der Waals surface area contributed by atoms with Crippen LogP contribution >= 0.6 is 0 Å². The summed E-state index contributed by atoms with van der Waals surface area (Å²) in [6.07, 6.45) is 21.2. The number of aromatic nitrogens is 8. The summed E-state index contributed by atoms with van der Waals surface area (Å²) in [5, 5.41) is 33.7. The molecule has 9 aromatic rings. The molecule has 0 radical (unpaired) electrons. The molecule has 9 aliphatic rings. The minimum Gasteiger partial charge on any atom is -0.508 e. The summed E-state index contributed by atoms with van der Waals surface area (Å²) >= 11 is 0. The van der Waals surface area contributed by atoms with E-state index in [0.717, 1.165) is 211 Å². The molecule has 0 aliphatic carbocycles. The molecule has 2 bridgehead atoms. The minimum absolute atomic E-state index is 0.00819. The number of anilines is 6. The maximum Gasteiger partial charge on any atom is 0.318 e. The number of aromatic hydroxyl groups is 2. The summed E-state index contributed by atoms with van der Waals surface area (Å²) in [7, 11) is 0. The molecule has 3 amide bonds. The Kier molecular flexibility index (Phi) is 25.5. The molecule has 0 saturated carbocycles. The molecule has 0 spiro atoms. The van der Waals surface area contributed by atoms with Crippen LogP contribution in [0.3, 0.4) is 0 Å². The van der Waals surface area contributed by atoms with Crippen molar-refractivity contribution in [1.82, 2.24) is 64.6 Å². The number of carbonyl (C=O) groups excluding carboxylic acids is 3. The van der Waals surface area contributed by atoms with Crippen LogP contribution in [-0.4, -0.2) is 248 Å². The van der Waals surface area contributed by atoms with Crippen molar-refractivity contribution in [3.63, 3.8) is 0 Å². The number of nitrogens with one attached hydrogen (secondary N) is 1. The average molecular weight is 1620 g/mol. The number of phenols is 2. The van der Waals surface area contributed by atoms with Crippen LogP contribution in [0.4, 0.5) is 34.5 Å². The van der Waals surface area contributed by atoms with E-state index < -0.39 is 0 Å². The molecule has 27 heteroatoms. The molecule has 4 aromatic heterocycles. The smallest absolute Gasteiger partial charge is 0.318 e. The Morgan fingerprint density at radius 3 is 1.50 bits per heavy atom. The molecule has 27 nitrogen and oxygen atoms in total. The third kappa shape index (κ3) is 18.6. The summed E-state index contributed by atoms with van der Waals surface area (Å²) in [6.45, 7) is 36.5. The van der Waals surface area contributed by atoms with Gasteiger partial charge in [0.1, 0.15) is 29.0 Å². The van der Waals surface area contributed by atoms with Gasteiger partial charge in [-0.15, -0.1) is 0 Å². The second-order valence-electron chi connectivity index (χ2n) is 33.1. The summed E-state index contributed by atoms with van der Waals surface area (Å²) in [4.78, 5) is 91.1. The lowest BCUT2D eigenvalue weighted by molar-refractivity contribution is -0.129. The highest BCUT2D eigenvalue weighted by molar-refractivity contribution is 5.98. The Labute approximate surface area is 697 Å². The number of aromatic amines is 1. The van der Waals surface area contributed by atoms with Crippen LogP contribution in [0, 0.1) is 6.92 Å². The molecule has 626 valence electrons. The van der Waals surface area contributed by atoms with Crippen LogP contribution in [0.25, 0.3) is 32.4 Å². The molecule has 6 saturated heterocycles. The molecule has 5 aromatic carbocycles. The third-order valence-corrected chi connectivity index (χ3v) is 25.3. The first-order valence-corrected chi connectivity index (χ1v) is 43.3. The van der Waals surface area contributed by atoms with E-state index in [1.807, 2.05) is 64.2 Å². The van der Waals surface area contributed by atoms with Gasteiger partial charge >= 0.3 is 18.0 Å². The number of amides is 3. The summed E-state index contributed by atoms with van der Waals surface area (Å²) in [5.41, 5.74) is 11.8. The zero-order chi connectivity index (χ0) is 82.0. The van der Waals surface area contributed by atoms with Gasteiger partial charge in [0.2, 0.25) is 17.7 Å². The number of hydrogen-bond acceptors (Lipinski definition) is 23. The molecule has 6 fully saturated rings. The fourth-order valence-electron chi connectivity index (χ4n) is 18.8. The van der Waals surface area contributed by atoms with E-state index in [9.17, 15) is 24.6 Å². The number of likely N-dealkylation sites (tertiary alicyclic amines) is 2. The monoisotopic (exact) mass is 1610 g/mol. The lowest BCUT2D eigenvalue weighted by atomic mass is 10.0. The van der Waals surface area contributed by atoms with Gasteiger partial charge in [-0.05, 0) is 170 Å². The van der Waals surface area contributed by atoms with Crippen LogP contribution in [0.1, 0.15) is 124 Å². The van der Waals surface area contributed by atoms with Crippen molar-refractivity contribution in [2.24, 2.45) is 0 Å². The predicted molar refractivity (Wildman–Crippen MR) is 468 cm³/mol. The minimum atomic E-state index is -0.0266. The van der Waals surface area contributed by atoms with Gasteiger partial charge in [0.25, 0.3) is 0 Å². The molecule has 3 N–H and O–H groups in total. The topological polar surface area (TPSA) is 261 Å². The largest absolute Gasteiger partial charge is 0.508 e. The Morgan fingerprint density at radius 1 is 0.496 bits per heavy atom. The van der Waals surface area contributed by atoms with Gasteiger partial charge in [0.15, 0.2) is 0 Å². The normalized spacial score (nSPS) is 19.1. The maximum absolute atomic E-state index is 12.5. The fourth-order valence-corrected chi connectivity index (χ4v) is 18.8. The number of piperidine rings is 2. The van der Waals surface area contributed by atoms with E-state index in [4.69, 9.17) is 44.1 Å². The van der Waals surface area contributed by atoms with E-state index >= 15 is 0 Å². The van der Waals surface area contributed by atoms with Crippen LogP contribution in [0.15, 0.2) is 129 Å². The van der Waals surface area contributed by atoms with Crippen molar-refractivity contribution in [2.45, 2.75) is 148 Å². The van der Waals surface area contributed by atoms with Crippen molar-refractivity contribution in [2.75, 3.05) is 167 Å². The second kappa shape index (κ2) is 37.3. The predicted octanol–water partition coefficient (Wildman–Crippen LogP) is 11.7. The van der Waals surface area contributed by atoms with Gasteiger partial charge < -0.3 is 78.3 Å². The Bertz CT molecular complexity index is 5130. The van der Waals surface area contributed by atoms with Crippen molar-refractivity contribution in [3.05, 3.63) is 168 Å². The van der Waals surface area contributed by atoms with Crippen LogP contribution in [0.5, 0.6) is 29.5 Å². The average Bonchev–Trinajstić information content (AvgIpc) is 1.76. The molecule has 9 aliphatic heterocycles. The summed E-state index contributed by atoms with van der Waals surface area (Å²) < 4.78 is 18.5. The number of H-pyrrole nitrogens is 1. The highest BCUT2D eigenvalue weighted by atomic mass is 16.5. The summed E-state index contributed by atoms with van der Waals surface area (Å²) in [5.74, 6) is 3.33. The van der Waals surface area contributed by atoms with Crippen LogP contribution in [0.2, 0.25) is 0 Å². The molecule has 3 atom stereocenters. The van der Waals surface area contributed by atoms with E-state index in [0.29, 0.717) is 90.1 Å². The number of benzene rings is 5. The number of fused-ring (bicyclic) bond motifs is 8. The number of aryl methyl sites for hydroxylation is 1. The molecular weight excluding hydrogens is 1500 g/mol. The fraction of sp³-hybridized carbons (Fsp3) is 0.478. The van der Waals surface area contributed by atoms with Crippen LogP contribution in [-0.2, 0) is 53.3 Å². The number of carbonyl (C=O) groups is 3. The Balaban J connectivity index is 0.000000133. The van der Waals surface area contributed by atoms with Gasteiger partial charge in [-0.1, -0.05) is 93.6 Å². The van der Waals surface area contributed by atoms with E-state index in [2.05, 4.69) is 125 Å². The standard InChI is InChI=1S/C33H42N6O3.C30H35N5O3.C29H38N8O2/c1-3-31(41)37-15-17-38(18-16-37)32-28-10-14-39(30-22-26(40)21-25-20-24(2)8-9-27(25)30)23-29(28)34-33(35-32)42-19-7-13-36-11-5-4-6-12-36;1-4-19(3)38-30-31-26-18-33(27-15-23(36)14-20-8-6-7-9-24(20)27)13-12-25(26)29(32-30)34-16-21-10-11-22(17-34)35(21)28(37)5-2;1-2-27(38)35-15-17-36(18-16-35)28-22-10-14-37(26-9-6-8-24-23(26)20-30-33-24)21-25(22)31-29(32-28)39-19-7-13-34-11-4-3-5-12-34/h3,8-9,20-22,40H,1,4-7,10-19,23H2,2H3;5-9,14-15,19,21-22,36H,2,4,10-13,16-18H2,1,3H3;2,6,8-9,20H,1,3-5,7,10-19,21H2,(H,30,33).